The summed E-state index contributed by atoms with van der Waals surface area (Å²) in [5.41, 5.74) is 2.11. The average molecular weight is 200 g/mol. The van der Waals surface area contributed by atoms with E-state index in [1.807, 2.05) is 12.1 Å². The number of carbonyl (C=O) groups excluding carboxylic acids is 1. The Morgan fingerprint density at radius 1 is 1.40 bits per heavy atom. The van der Waals surface area contributed by atoms with Crippen LogP contribution in [0.4, 0.5) is 0 Å². The van der Waals surface area contributed by atoms with E-state index in [9.17, 15) is 4.79 Å². The van der Waals surface area contributed by atoms with E-state index in [1.54, 1.807) is 12.1 Å². The number of benzene rings is 1. The van der Waals surface area contributed by atoms with Gasteiger partial charge in [-0.1, -0.05) is 5.57 Å². The summed E-state index contributed by atoms with van der Waals surface area (Å²) in [6, 6.07) is 7.26. The number of aldehydes is 1. The minimum atomic E-state index is -0.0992. The molecule has 76 valence electrons. The van der Waals surface area contributed by atoms with Gasteiger partial charge in [0.15, 0.2) is 0 Å². The molecule has 0 spiro atoms. The first-order chi connectivity index (χ1) is 7.21. The molecule has 2 atom stereocenters. The van der Waals surface area contributed by atoms with E-state index >= 15 is 0 Å². The molecule has 2 unspecified atom stereocenters. The van der Waals surface area contributed by atoms with Crippen LogP contribution in [-0.2, 0) is 0 Å². The Morgan fingerprint density at radius 2 is 2.13 bits per heavy atom. The van der Waals surface area contributed by atoms with Crippen LogP contribution >= 0.6 is 0 Å². The van der Waals surface area contributed by atoms with Gasteiger partial charge in [0.25, 0.3) is 0 Å². The minimum absolute atomic E-state index is 0.0992. The maximum Gasteiger partial charge on any atom is 0.150 e. The van der Waals surface area contributed by atoms with Crippen LogP contribution in [0.3, 0.4) is 0 Å². The van der Waals surface area contributed by atoms with Crippen molar-refractivity contribution in [3.63, 3.8) is 0 Å². The highest BCUT2D eigenvalue weighted by atomic mass is 16.5. The Labute approximate surface area is 88.6 Å². The smallest absolute Gasteiger partial charge is 0.150 e. The molecule has 0 N–H and O–H groups in total. The second kappa shape index (κ2) is 2.72. The summed E-state index contributed by atoms with van der Waals surface area (Å²) in [6.45, 7) is 2.11. The maximum absolute atomic E-state index is 10.5. The Bertz CT molecular complexity index is 444. The minimum Gasteiger partial charge on any atom is -0.483 e. The van der Waals surface area contributed by atoms with E-state index < -0.39 is 0 Å². The summed E-state index contributed by atoms with van der Waals surface area (Å²) in [4.78, 5) is 10.5. The van der Waals surface area contributed by atoms with E-state index in [0.29, 0.717) is 11.5 Å². The number of carbonyl (C=O) groups is 1. The van der Waals surface area contributed by atoms with Crippen LogP contribution in [-0.4, -0.2) is 11.9 Å². The zero-order valence-corrected chi connectivity index (χ0v) is 8.57. The van der Waals surface area contributed by atoms with E-state index in [2.05, 4.69) is 13.0 Å². The molecule has 2 aliphatic carbocycles. The first-order valence-corrected chi connectivity index (χ1v) is 5.17. The molecule has 15 heavy (non-hydrogen) atoms. The first-order valence-electron chi connectivity index (χ1n) is 5.17. The van der Waals surface area contributed by atoms with Crippen molar-refractivity contribution in [3.05, 3.63) is 41.5 Å². The van der Waals surface area contributed by atoms with Crippen LogP contribution in [0, 0.1) is 5.92 Å². The number of fused-ring (bicyclic) bond motifs is 1. The van der Waals surface area contributed by atoms with Crippen LogP contribution in [0.25, 0.3) is 0 Å². The molecule has 0 aliphatic heterocycles. The number of ether oxygens (including phenoxy) is 1. The SMILES string of the molecule is CC1(Oc2ccc(C=O)cc2)C=C2CC21. The van der Waals surface area contributed by atoms with Crippen molar-refractivity contribution in [3.8, 4) is 5.75 Å². The van der Waals surface area contributed by atoms with Gasteiger partial charge in [-0.05, 0) is 43.7 Å². The van der Waals surface area contributed by atoms with Gasteiger partial charge in [-0.2, -0.15) is 0 Å². The van der Waals surface area contributed by atoms with Gasteiger partial charge in [0.2, 0.25) is 0 Å². The van der Waals surface area contributed by atoms with Crippen molar-refractivity contribution in [2.75, 3.05) is 0 Å². The lowest BCUT2D eigenvalue weighted by Crippen LogP contribution is -2.37. The molecule has 0 heterocycles. The van der Waals surface area contributed by atoms with Crippen molar-refractivity contribution < 1.29 is 9.53 Å². The molecule has 0 radical (unpaired) electrons. The fraction of sp³-hybridized carbons (Fsp3) is 0.308. The summed E-state index contributed by atoms with van der Waals surface area (Å²) in [5.74, 6) is 1.48. The molecule has 1 saturated carbocycles. The fourth-order valence-electron chi connectivity index (χ4n) is 2.25. The van der Waals surface area contributed by atoms with Crippen molar-refractivity contribution in [2.45, 2.75) is 18.9 Å². The van der Waals surface area contributed by atoms with Gasteiger partial charge in [-0.25, -0.2) is 0 Å². The highest BCUT2D eigenvalue weighted by Crippen LogP contribution is 2.57. The molecule has 1 aromatic rings. The predicted octanol–water partition coefficient (Wildman–Crippen LogP) is 2.60. The molecule has 2 aliphatic rings. The Morgan fingerprint density at radius 3 is 2.60 bits per heavy atom. The molecule has 0 amide bonds. The van der Waals surface area contributed by atoms with Crippen LogP contribution in [0.15, 0.2) is 35.9 Å². The quantitative estimate of drug-likeness (QED) is 0.553. The predicted molar refractivity (Wildman–Crippen MR) is 57.1 cm³/mol. The summed E-state index contributed by atoms with van der Waals surface area (Å²) >= 11 is 0. The van der Waals surface area contributed by atoms with Gasteiger partial charge in [-0.3, -0.25) is 4.79 Å². The molecule has 0 saturated heterocycles. The number of hydrogen-bond donors (Lipinski definition) is 0. The standard InChI is InChI=1S/C13H12O2/c1-13(7-10-6-12(10)13)15-11-4-2-9(8-14)3-5-11/h2-5,7-8,12H,6H2,1H3. The normalized spacial score (nSPS) is 31.0. The molecular weight excluding hydrogens is 188 g/mol. The molecular formula is C13H12O2. The van der Waals surface area contributed by atoms with E-state index in [-0.39, 0.29) is 5.60 Å². The molecule has 0 aromatic heterocycles. The average Bonchev–Trinajstić information content (AvgIpc) is 2.93. The lowest BCUT2D eigenvalue weighted by Gasteiger charge is -2.32. The largest absolute Gasteiger partial charge is 0.483 e. The second-order valence-electron chi connectivity index (χ2n) is 4.45. The van der Waals surface area contributed by atoms with Gasteiger partial charge in [0.05, 0.1) is 0 Å². The van der Waals surface area contributed by atoms with E-state index in [1.165, 1.54) is 12.0 Å². The summed E-state index contributed by atoms with van der Waals surface area (Å²) in [7, 11) is 0. The summed E-state index contributed by atoms with van der Waals surface area (Å²) < 4.78 is 5.90. The second-order valence-corrected chi connectivity index (χ2v) is 4.45. The van der Waals surface area contributed by atoms with Gasteiger partial charge in [0.1, 0.15) is 17.6 Å². The van der Waals surface area contributed by atoms with Crippen LogP contribution in [0.1, 0.15) is 23.7 Å². The number of hydrogen-bond acceptors (Lipinski definition) is 2. The molecule has 0 bridgehead atoms. The molecule has 1 aromatic carbocycles. The van der Waals surface area contributed by atoms with Crippen LogP contribution in [0.5, 0.6) is 5.75 Å². The monoisotopic (exact) mass is 200 g/mol. The third-order valence-electron chi connectivity index (χ3n) is 3.25. The van der Waals surface area contributed by atoms with Crippen molar-refractivity contribution in [1.82, 2.24) is 0 Å². The summed E-state index contributed by atoms with van der Waals surface area (Å²) in [6.07, 6.45) is 4.24. The molecule has 3 rings (SSSR count). The van der Waals surface area contributed by atoms with E-state index in [4.69, 9.17) is 4.74 Å². The van der Waals surface area contributed by atoms with Crippen LogP contribution in [0.2, 0.25) is 0 Å². The maximum atomic E-state index is 10.5. The third kappa shape index (κ3) is 1.29. The highest BCUT2D eigenvalue weighted by molar-refractivity contribution is 5.74. The van der Waals surface area contributed by atoms with Crippen molar-refractivity contribution in [1.29, 1.82) is 0 Å². The zero-order chi connectivity index (χ0) is 10.5. The van der Waals surface area contributed by atoms with Crippen molar-refractivity contribution >= 4 is 6.29 Å². The van der Waals surface area contributed by atoms with Gasteiger partial charge in [0, 0.05) is 11.5 Å². The highest BCUT2D eigenvalue weighted by Gasteiger charge is 2.55. The number of rotatable bonds is 3. The van der Waals surface area contributed by atoms with Crippen LogP contribution < -0.4 is 4.74 Å². The molecule has 2 heteroatoms. The summed E-state index contributed by atoms with van der Waals surface area (Å²) in [5, 5.41) is 0. The Kier molecular flexibility index (Phi) is 1.58. The van der Waals surface area contributed by atoms with Gasteiger partial charge >= 0.3 is 0 Å². The van der Waals surface area contributed by atoms with Crippen molar-refractivity contribution in [2.24, 2.45) is 5.92 Å². The lowest BCUT2D eigenvalue weighted by molar-refractivity contribution is 0.107. The van der Waals surface area contributed by atoms with E-state index in [0.717, 1.165) is 12.0 Å². The third-order valence-corrected chi connectivity index (χ3v) is 3.25. The Hall–Kier alpha value is -1.57. The fourth-order valence-corrected chi connectivity index (χ4v) is 2.25. The molecule has 2 nitrogen and oxygen atoms in total. The zero-order valence-electron chi connectivity index (χ0n) is 8.57. The van der Waals surface area contributed by atoms with Gasteiger partial charge in [-0.15, -0.1) is 0 Å². The van der Waals surface area contributed by atoms with Gasteiger partial charge < -0.3 is 4.74 Å². The first kappa shape index (κ1) is 8.72. The Balaban J connectivity index is 1.77. The molecule has 1 fully saturated rings. The lowest BCUT2D eigenvalue weighted by atomic mass is 9.91. The topological polar surface area (TPSA) is 26.3 Å².